The van der Waals surface area contributed by atoms with E-state index in [-0.39, 0.29) is 5.82 Å². The van der Waals surface area contributed by atoms with Crippen LogP contribution >= 0.6 is 11.6 Å². The molecule has 0 saturated carbocycles. The minimum atomic E-state index is -0.254. The predicted molar refractivity (Wildman–Crippen MR) is 88.8 cm³/mol. The van der Waals surface area contributed by atoms with Gasteiger partial charge < -0.3 is 9.47 Å². The van der Waals surface area contributed by atoms with Crippen LogP contribution in [0.4, 0.5) is 4.39 Å². The van der Waals surface area contributed by atoms with Gasteiger partial charge in [0.05, 0.1) is 14.2 Å². The lowest BCUT2D eigenvalue weighted by Gasteiger charge is -2.29. The van der Waals surface area contributed by atoms with E-state index in [1.165, 1.54) is 17.2 Å². The number of nitrogens with zero attached hydrogens (tertiary/aromatic N) is 1. The van der Waals surface area contributed by atoms with Crippen molar-refractivity contribution in [3.8, 4) is 11.5 Å². The third kappa shape index (κ3) is 3.28. The molecule has 0 aromatic heterocycles. The van der Waals surface area contributed by atoms with Crippen molar-refractivity contribution in [2.75, 3.05) is 20.8 Å². The zero-order valence-corrected chi connectivity index (χ0v) is 14.0. The molecule has 1 aliphatic heterocycles. The summed E-state index contributed by atoms with van der Waals surface area (Å²) in [6.07, 6.45) is 0.891. The van der Waals surface area contributed by atoms with Gasteiger partial charge in [-0.05, 0) is 41.8 Å². The smallest absolute Gasteiger partial charge is 0.161 e. The van der Waals surface area contributed by atoms with Gasteiger partial charge >= 0.3 is 0 Å². The van der Waals surface area contributed by atoms with Crippen LogP contribution in [0, 0.1) is 5.82 Å². The maximum Gasteiger partial charge on any atom is 0.161 e. The molecule has 0 N–H and O–H groups in total. The van der Waals surface area contributed by atoms with Crippen molar-refractivity contribution in [3.05, 3.63) is 57.9 Å². The largest absolute Gasteiger partial charge is 0.493 e. The van der Waals surface area contributed by atoms with Gasteiger partial charge in [-0.25, -0.2) is 4.39 Å². The van der Waals surface area contributed by atoms with Gasteiger partial charge in [0.1, 0.15) is 5.82 Å². The third-order valence-corrected chi connectivity index (χ3v) is 4.59. The highest BCUT2D eigenvalue weighted by molar-refractivity contribution is 6.31. The van der Waals surface area contributed by atoms with Crippen LogP contribution in [-0.4, -0.2) is 25.7 Å². The van der Waals surface area contributed by atoms with Crippen molar-refractivity contribution in [2.45, 2.75) is 19.5 Å². The first kappa shape index (κ1) is 16.1. The molecule has 1 aliphatic rings. The minimum Gasteiger partial charge on any atom is -0.493 e. The van der Waals surface area contributed by atoms with Crippen molar-refractivity contribution in [2.24, 2.45) is 0 Å². The second-order valence-corrected chi connectivity index (χ2v) is 6.04. The number of halogens is 2. The van der Waals surface area contributed by atoms with Crippen LogP contribution in [0.15, 0.2) is 30.3 Å². The van der Waals surface area contributed by atoms with Gasteiger partial charge in [0.2, 0.25) is 0 Å². The number of hydrogen-bond donors (Lipinski definition) is 0. The van der Waals surface area contributed by atoms with Crippen LogP contribution in [0.1, 0.15) is 16.7 Å². The Kier molecular flexibility index (Phi) is 4.74. The summed E-state index contributed by atoms with van der Waals surface area (Å²) in [6, 6.07) is 8.84. The number of ether oxygens (including phenoxy) is 2. The Morgan fingerprint density at radius 2 is 1.83 bits per heavy atom. The lowest BCUT2D eigenvalue weighted by molar-refractivity contribution is 0.241. The Labute approximate surface area is 140 Å². The number of methoxy groups -OCH3 is 2. The molecule has 0 unspecified atom stereocenters. The van der Waals surface area contributed by atoms with Crippen molar-refractivity contribution in [1.29, 1.82) is 0 Å². The summed E-state index contributed by atoms with van der Waals surface area (Å²) in [5.41, 5.74) is 2.98. The molecule has 2 aromatic rings. The monoisotopic (exact) mass is 335 g/mol. The summed E-state index contributed by atoms with van der Waals surface area (Å²) in [4.78, 5) is 2.19. The third-order valence-electron chi connectivity index (χ3n) is 4.24. The standard InChI is InChI=1S/C18H19ClFNO2/c1-22-17-8-12-6-7-21(10-13(12)9-18(17)23-2)11-14-15(19)4-3-5-16(14)20/h3-5,8-9H,6-7,10-11H2,1-2H3. The van der Waals surface area contributed by atoms with E-state index < -0.39 is 0 Å². The predicted octanol–water partition coefficient (Wildman–Crippen LogP) is 4.05. The average Bonchev–Trinajstić information content (AvgIpc) is 2.56. The lowest BCUT2D eigenvalue weighted by atomic mass is 9.98. The van der Waals surface area contributed by atoms with E-state index in [0.717, 1.165) is 31.0 Å². The summed E-state index contributed by atoms with van der Waals surface area (Å²) in [7, 11) is 3.27. The summed E-state index contributed by atoms with van der Waals surface area (Å²) >= 11 is 6.13. The van der Waals surface area contributed by atoms with Crippen molar-refractivity contribution in [3.63, 3.8) is 0 Å². The Bertz CT molecular complexity index is 700. The molecule has 1 heterocycles. The highest BCUT2D eigenvalue weighted by Crippen LogP contribution is 2.34. The highest BCUT2D eigenvalue weighted by atomic mass is 35.5. The molecular formula is C18H19ClFNO2. The fourth-order valence-electron chi connectivity index (χ4n) is 2.98. The molecule has 3 rings (SSSR count). The molecule has 0 bridgehead atoms. The highest BCUT2D eigenvalue weighted by Gasteiger charge is 2.21. The van der Waals surface area contributed by atoms with Gasteiger partial charge in [0.25, 0.3) is 0 Å². The molecule has 0 spiro atoms. The molecule has 2 aromatic carbocycles. The molecule has 0 radical (unpaired) electrons. The molecule has 0 fully saturated rings. The molecule has 5 heteroatoms. The molecule has 122 valence electrons. The van der Waals surface area contributed by atoms with Gasteiger partial charge in [0.15, 0.2) is 11.5 Å². The van der Waals surface area contributed by atoms with E-state index >= 15 is 0 Å². The first-order valence-electron chi connectivity index (χ1n) is 7.51. The SMILES string of the molecule is COc1cc2c(cc1OC)CN(Cc1c(F)cccc1Cl)CC2. The van der Waals surface area contributed by atoms with E-state index in [1.54, 1.807) is 26.4 Å². The molecule has 0 atom stereocenters. The Balaban J connectivity index is 1.83. The normalized spacial score (nSPS) is 14.4. The van der Waals surface area contributed by atoms with Crippen LogP contribution < -0.4 is 9.47 Å². The number of fused-ring (bicyclic) bond motifs is 1. The van der Waals surface area contributed by atoms with Crippen LogP contribution in [-0.2, 0) is 19.5 Å². The van der Waals surface area contributed by atoms with E-state index in [1.807, 2.05) is 12.1 Å². The van der Waals surface area contributed by atoms with Crippen molar-refractivity contribution < 1.29 is 13.9 Å². The summed E-state index contributed by atoms with van der Waals surface area (Å²) < 4.78 is 24.7. The zero-order chi connectivity index (χ0) is 16.4. The van der Waals surface area contributed by atoms with Crippen LogP contribution in [0.5, 0.6) is 11.5 Å². The van der Waals surface area contributed by atoms with Crippen LogP contribution in [0.3, 0.4) is 0 Å². The zero-order valence-electron chi connectivity index (χ0n) is 13.2. The van der Waals surface area contributed by atoms with Crippen LogP contribution in [0.2, 0.25) is 5.02 Å². The topological polar surface area (TPSA) is 21.7 Å². The van der Waals surface area contributed by atoms with E-state index in [9.17, 15) is 4.39 Å². The summed E-state index contributed by atoms with van der Waals surface area (Å²) in [6.45, 7) is 2.09. The molecule has 23 heavy (non-hydrogen) atoms. The maximum atomic E-state index is 14.0. The fourth-order valence-corrected chi connectivity index (χ4v) is 3.21. The number of benzene rings is 2. The summed E-state index contributed by atoms with van der Waals surface area (Å²) in [5, 5.41) is 0.475. The Hall–Kier alpha value is -1.78. The fraction of sp³-hybridized carbons (Fsp3) is 0.333. The first-order valence-corrected chi connectivity index (χ1v) is 7.89. The van der Waals surface area contributed by atoms with Crippen molar-refractivity contribution >= 4 is 11.6 Å². The second-order valence-electron chi connectivity index (χ2n) is 5.64. The minimum absolute atomic E-state index is 0.254. The molecule has 0 saturated heterocycles. The van der Waals surface area contributed by atoms with Gasteiger partial charge in [-0.2, -0.15) is 0 Å². The quantitative estimate of drug-likeness (QED) is 0.841. The van der Waals surface area contributed by atoms with E-state index in [0.29, 0.717) is 17.1 Å². The maximum absolute atomic E-state index is 14.0. The number of hydrogen-bond acceptors (Lipinski definition) is 3. The molecule has 0 amide bonds. The van der Waals surface area contributed by atoms with E-state index in [2.05, 4.69) is 4.90 Å². The second kappa shape index (κ2) is 6.77. The van der Waals surface area contributed by atoms with Gasteiger partial charge in [-0.1, -0.05) is 17.7 Å². The first-order chi connectivity index (χ1) is 11.1. The van der Waals surface area contributed by atoms with Crippen molar-refractivity contribution in [1.82, 2.24) is 4.90 Å². The lowest BCUT2D eigenvalue weighted by Crippen LogP contribution is -2.30. The van der Waals surface area contributed by atoms with Gasteiger partial charge in [-0.3, -0.25) is 4.90 Å². The Morgan fingerprint density at radius 3 is 2.48 bits per heavy atom. The summed E-state index contributed by atoms with van der Waals surface area (Å²) in [5.74, 6) is 1.21. The van der Waals surface area contributed by atoms with E-state index in [4.69, 9.17) is 21.1 Å². The Morgan fingerprint density at radius 1 is 1.13 bits per heavy atom. The van der Waals surface area contributed by atoms with Gasteiger partial charge in [0, 0.05) is 30.2 Å². The van der Waals surface area contributed by atoms with Gasteiger partial charge in [-0.15, -0.1) is 0 Å². The molecule has 3 nitrogen and oxygen atoms in total. The molecule has 0 aliphatic carbocycles. The average molecular weight is 336 g/mol. The number of rotatable bonds is 4. The van der Waals surface area contributed by atoms with Crippen LogP contribution in [0.25, 0.3) is 0 Å². The molecular weight excluding hydrogens is 317 g/mol.